The van der Waals surface area contributed by atoms with Gasteiger partial charge in [-0.2, -0.15) is 5.10 Å². The number of ether oxygens (including phenoxy) is 1. The van der Waals surface area contributed by atoms with E-state index in [4.69, 9.17) is 4.74 Å². The second-order valence-corrected chi connectivity index (χ2v) is 4.58. The molecule has 94 valence electrons. The molecule has 1 fully saturated rings. The fraction of sp³-hybridized carbons (Fsp3) is 0.667. The van der Waals surface area contributed by atoms with Crippen LogP contribution in [0.25, 0.3) is 0 Å². The fourth-order valence-electron chi connectivity index (χ4n) is 1.71. The highest BCUT2D eigenvalue weighted by atomic mass is 16.5. The van der Waals surface area contributed by atoms with E-state index in [1.54, 1.807) is 0 Å². The standard InChI is InChI=1S/C12H20N4O/c1-9(2)11-3-4-12(16-15-11)14-8-10-7-13-5-6-17-10/h3-4,9-10,13H,5-8H2,1-2H3,(H,14,16). The van der Waals surface area contributed by atoms with Crippen molar-refractivity contribution in [2.75, 3.05) is 31.6 Å². The van der Waals surface area contributed by atoms with Gasteiger partial charge in [0.1, 0.15) is 5.82 Å². The molecule has 1 aliphatic rings. The van der Waals surface area contributed by atoms with E-state index in [9.17, 15) is 0 Å². The maximum atomic E-state index is 5.59. The highest BCUT2D eigenvalue weighted by Gasteiger charge is 2.12. The Labute approximate surface area is 102 Å². The molecule has 5 nitrogen and oxygen atoms in total. The highest BCUT2D eigenvalue weighted by Crippen LogP contribution is 2.11. The molecule has 1 aromatic heterocycles. The summed E-state index contributed by atoms with van der Waals surface area (Å²) < 4.78 is 5.59. The van der Waals surface area contributed by atoms with Crippen LogP contribution < -0.4 is 10.6 Å². The van der Waals surface area contributed by atoms with Crippen LogP contribution in [0.4, 0.5) is 5.82 Å². The molecule has 0 aliphatic carbocycles. The summed E-state index contributed by atoms with van der Waals surface area (Å²) in [5.41, 5.74) is 1.02. The number of morpholine rings is 1. The third kappa shape index (κ3) is 3.64. The summed E-state index contributed by atoms with van der Waals surface area (Å²) in [5.74, 6) is 1.23. The van der Waals surface area contributed by atoms with Crippen molar-refractivity contribution in [2.24, 2.45) is 0 Å². The molecule has 0 aromatic carbocycles. The minimum absolute atomic E-state index is 0.218. The van der Waals surface area contributed by atoms with Crippen LogP contribution in [0.1, 0.15) is 25.5 Å². The Morgan fingerprint density at radius 2 is 2.35 bits per heavy atom. The summed E-state index contributed by atoms with van der Waals surface area (Å²) in [6, 6.07) is 3.98. The average molecular weight is 236 g/mol. The summed E-state index contributed by atoms with van der Waals surface area (Å²) >= 11 is 0. The quantitative estimate of drug-likeness (QED) is 0.816. The molecule has 1 saturated heterocycles. The summed E-state index contributed by atoms with van der Waals surface area (Å²) in [5, 5.41) is 14.9. The van der Waals surface area contributed by atoms with E-state index in [-0.39, 0.29) is 6.10 Å². The summed E-state index contributed by atoms with van der Waals surface area (Å²) in [6.07, 6.45) is 0.218. The number of hydrogen-bond acceptors (Lipinski definition) is 5. The van der Waals surface area contributed by atoms with Crippen molar-refractivity contribution < 1.29 is 4.74 Å². The zero-order chi connectivity index (χ0) is 12.1. The van der Waals surface area contributed by atoms with Gasteiger partial charge in [0.05, 0.1) is 18.4 Å². The molecule has 1 unspecified atom stereocenters. The van der Waals surface area contributed by atoms with Gasteiger partial charge in [-0.25, -0.2) is 0 Å². The van der Waals surface area contributed by atoms with Crippen LogP contribution in [0.3, 0.4) is 0 Å². The lowest BCUT2D eigenvalue weighted by Gasteiger charge is -2.23. The van der Waals surface area contributed by atoms with E-state index in [1.807, 2.05) is 12.1 Å². The fourth-order valence-corrected chi connectivity index (χ4v) is 1.71. The largest absolute Gasteiger partial charge is 0.374 e. The van der Waals surface area contributed by atoms with Crippen molar-refractivity contribution in [3.8, 4) is 0 Å². The Balaban J connectivity index is 1.82. The molecular weight excluding hydrogens is 216 g/mol. The lowest BCUT2D eigenvalue weighted by Crippen LogP contribution is -2.42. The molecule has 0 saturated carbocycles. The van der Waals surface area contributed by atoms with E-state index < -0.39 is 0 Å². The van der Waals surface area contributed by atoms with Gasteiger partial charge < -0.3 is 15.4 Å². The van der Waals surface area contributed by atoms with Crippen molar-refractivity contribution in [3.63, 3.8) is 0 Å². The van der Waals surface area contributed by atoms with E-state index in [0.29, 0.717) is 5.92 Å². The predicted molar refractivity (Wildman–Crippen MR) is 67.2 cm³/mol. The average Bonchev–Trinajstić information content (AvgIpc) is 2.38. The van der Waals surface area contributed by atoms with Crippen LogP contribution >= 0.6 is 0 Å². The van der Waals surface area contributed by atoms with Gasteiger partial charge in [-0.05, 0) is 18.1 Å². The van der Waals surface area contributed by atoms with Gasteiger partial charge in [-0.1, -0.05) is 13.8 Å². The lowest BCUT2D eigenvalue weighted by molar-refractivity contribution is 0.0372. The normalized spacial score (nSPS) is 20.5. The molecule has 2 heterocycles. The lowest BCUT2D eigenvalue weighted by atomic mass is 10.1. The molecule has 0 amide bonds. The molecule has 0 bridgehead atoms. The van der Waals surface area contributed by atoms with Gasteiger partial charge in [0.2, 0.25) is 0 Å². The SMILES string of the molecule is CC(C)c1ccc(NCC2CNCCO2)nn1. The first-order chi connectivity index (χ1) is 8.25. The third-order valence-corrected chi connectivity index (χ3v) is 2.79. The Morgan fingerprint density at radius 3 is 2.94 bits per heavy atom. The van der Waals surface area contributed by atoms with E-state index in [0.717, 1.165) is 37.8 Å². The predicted octanol–water partition coefficient (Wildman–Crippen LogP) is 1.00. The first-order valence-corrected chi connectivity index (χ1v) is 6.15. The smallest absolute Gasteiger partial charge is 0.148 e. The maximum absolute atomic E-state index is 5.59. The Hall–Kier alpha value is -1.20. The monoisotopic (exact) mass is 236 g/mol. The van der Waals surface area contributed by atoms with Gasteiger partial charge in [0.25, 0.3) is 0 Å². The first kappa shape index (κ1) is 12.3. The zero-order valence-electron chi connectivity index (χ0n) is 10.4. The summed E-state index contributed by atoms with van der Waals surface area (Å²) in [7, 11) is 0. The number of anilines is 1. The van der Waals surface area contributed by atoms with E-state index in [1.165, 1.54) is 0 Å². The van der Waals surface area contributed by atoms with Crippen molar-refractivity contribution >= 4 is 5.82 Å². The van der Waals surface area contributed by atoms with Crippen LogP contribution in [0.5, 0.6) is 0 Å². The van der Waals surface area contributed by atoms with E-state index >= 15 is 0 Å². The Kier molecular flexibility index (Phi) is 4.28. The third-order valence-electron chi connectivity index (χ3n) is 2.79. The molecule has 17 heavy (non-hydrogen) atoms. The minimum atomic E-state index is 0.218. The number of nitrogens with zero attached hydrogens (tertiary/aromatic N) is 2. The molecular formula is C12H20N4O. The van der Waals surface area contributed by atoms with E-state index in [2.05, 4.69) is 34.7 Å². The second-order valence-electron chi connectivity index (χ2n) is 4.58. The van der Waals surface area contributed by atoms with Crippen molar-refractivity contribution in [1.29, 1.82) is 0 Å². The second kappa shape index (κ2) is 5.93. The molecule has 1 aliphatic heterocycles. The van der Waals surface area contributed by atoms with Gasteiger partial charge in [0, 0.05) is 19.6 Å². The van der Waals surface area contributed by atoms with Crippen LogP contribution in [-0.4, -0.2) is 42.5 Å². The van der Waals surface area contributed by atoms with Crippen LogP contribution in [0, 0.1) is 0 Å². The number of hydrogen-bond donors (Lipinski definition) is 2. The Bertz CT molecular complexity index is 333. The van der Waals surface area contributed by atoms with Gasteiger partial charge in [-0.15, -0.1) is 5.10 Å². The zero-order valence-corrected chi connectivity index (χ0v) is 10.4. The van der Waals surface area contributed by atoms with Crippen LogP contribution in [-0.2, 0) is 4.74 Å². The summed E-state index contributed by atoms with van der Waals surface area (Å²) in [6.45, 7) is 7.61. The van der Waals surface area contributed by atoms with Crippen LogP contribution in [0.2, 0.25) is 0 Å². The molecule has 2 N–H and O–H groups in total. The Morgan fingerprint density at radius 1 is 1.47 bits per heavy atom. The van der Waals surface area contributed by atoms with Gasteiger partial charge in [-0.3, -0.25) is 0 Å². The summed E-state index contributed by atoms with van der Waals surface area (Å²) in [4.78, 5) is 0. The first-order valence-electron chi connectivity index (χ1n) is 6.15. The van der Waals surface area contributed by atoms with Crippen molar-refractivity contribution in [3.05, 3.63) is 17.8 Å². The van der Waals surface area contributed by atoms with Gasteiger partial charge >= 0.3 is 0 Å². The molecule has 0 spiro atoms. The molecule has 0 radical (unpaired) electrons. The number of rotatable bonds is 4. The van der Waals surface area contributed by atoms with Crippen molar-refractivity contribution in [2.45, 2.75) is 25.9 Å². The van der Waals surface area contributed by atoms with Crippen molar-refractivity contribution in [1.82, 2.24) is 15.5 Å². The van der Waals surface area contributed by atoms with Crippen LogP contribution in [0.15, 0.2) is 12.1 Å². The molecule has 5 heteroatoms. The highest BCUT2D eigenvalue weighted by molar-refractivity contribution is 5.33. The number of nitrogens with one attached hydrogen (secondary N) is 2. The maximum Gasteiger partial charge on any atom is 0.148 e. The number of aromatic nitrogens is 2. The molecule has 2 rings (SSSR count). The topological polar surface area (TPSA) is 59.1 Å². The molecule has 1 aromatic rings. The minimum Gasteiger partial charge on any atom is -0.374 e. The van der Waals surface area contributed by atoms with Gasteiger partial charge in [0.15, 0.2) is 0 Å². The molecule has 1 atom stereocenters.